The predicted molar refractivity (Wildman–Crippen MR) is 382 cm³/mol. The van der Waals surface area contributed by atoms with E-state index >= 15 is 0 Å². The van der Waals surface area contributed by atoms with Crippen molar-refractivity contribution >= 4 is 98.3 Å². The molecular formula is C68H106ClN11O21P2. The number of alkyl carbamates (subject to hydrolysis) is 1. The molecule has 0 saturated carbocycles. The first-order valence-corrected chi connectivity index (χ1v) is 37.5. The number of unbranched alkanes of at least 4 members (excludes halogenated alkanes) is 2. The largest absolute Gasteiger partial charge is 0.481 e. The number of allylic oxidation sites excluding steroid dienone is 1. The first kappa shape index (κ1) is 89.4. The minimum Gasteiger partial charge on any atom is -0.456 e. The zero-order chi connectivity index (χ0) is 77.6. The fourth-order valence-corrected chi connectivity index (χ4v) is 12.5. The van der Waals surface area contributed by atoms with Gasteiger partial charge in [-0.25, -0.2) is 28.3 Å². The van der Waals surface area contributed by atoms with Gasteiger partial charge >= 0.3 is 39.7 Å². The topological polar surface area (TPSA) is 460 Å². The minimum atomic E-state index is -5.24. The number of rotatable bonds is 29. The molecule has 103 heavy (non-hydrogen) atoms. The van der Waals surface area contributed by atoms with Crippen molar-refractivity contribution in [1.29, 1.82) is 0 Å². The zero-order valence-electron chi connectivity index (χ0n) is 61.2. The second kappa shape index (κ2) is 43.5. The summed E-state index contributed by atoms with van der Waals surface area (Å²) < 4.78 is 57.8. The molecule has 0 saturated heterocycles. The minimum absolute atomic E-state index is 0.0202. The van der Waals surface area contributed by atoms with E-state index in [4.69, 9.17) is 46.3 Å². The number of phosphoric acid groups is 2. The molecule has 10 amide bonds. The number of halogens is 1. The number of likely N-dealkylation sites (N-methyl/N-ethyl adjacent to an activating group) is 2. The molecule has 576 valence electrons. The van der Waals surface area contributed by atoms with Crippen LogP contribution in [0.15, 0.2) is 71.8 Å². The maximum atomic E-state index is 14.4. The molecule has 0 bridgehead atoms. The number of nitrogens with two attached hydrogens (primary N) is 2. The van der Waals surface area contributed by atoms with Gasteiger partial charge in [0, 0.05) is 62.2 Å². The van der Waals surface area contributed by atoms with Gasteiger partial charge in [-0.1, -0.05) is 103 Å². The number of urea groups is 1. The van der Waals surface area contributed by atoms with Crippen molar-refractivity contribution < 1.29 is 99.2 Å². The molecule has 13 atom stereocenters. The number of carbonyl (C=O) groups excluding carboxylic acids is 11. The van der Waals surface area contributed by atoms with E-state index in [-0.39, 0.29) is 93.1 Å². The molecule has 13 N–H and O–H groups in total. The highest BCUT2D eigenvalue weighted by Gasteiger charge is 2.39. The maximum Gasteiger partial charge on any atom is 0.481 e. The van der Waals surface area contributed by atoms with Gasteiger partial charge in [0.05, 0.1) is 25.8 Å². The van der Waals surface area contributed by atoms with E-state index in [0.717, 1.165) is 9.80 Å². The Morgan fingerprint density at radius 3 is 2.01 bits per heavy atom. The van der Waals surface area contributed by atoms with Crippen LogP contribution >= 0.6 is 27.2 Å². The summed E-state index contributed by atoms with van der Waals surface area (Å²) in [5.41, 5.74) is 12.7. The Labute approximate surface area is 607 Å². The molecular weight excluding hydrogens is 1400 g/mol. The molecule has 1 aliphatic heterocycles. The number of anilines is 1. The van der Waals surface area contributed by atoms with Crippen molar-refractivity contribution in [2.24, 2.45) is 35.1 Å². The van der Waals surface area contributed by atoms with Crippen LogP contribution in [0.1, 0.15) is 146 Å². The van der Waals surface area contributed by atoms with E-state index in [9.17, 15) is 71.7 Å². The Balaban J connectivity index is 1.79. The number of ether oxygens (including phenoxy) is 3. The number of nitrogens with one attached hydrogen (secondary N) is 7. The Bertz CT molecular complexity index is 3380. The monoisotopic (exact) mass is 1510 g/mol. The lowest BCUT2D eigenvalue weighted by molar-refractivity contribution is -0.155. The van der Waals surface area contributed by atoms with Crippen molar-refractivity contribution in [3.05, 3.63) is 88.0 Å². The molecule has 0 radical (unpaired) electrons. The molecule has 1 heterocycles. The number of phosphoric ester groups is 2. The third-order valence-corrected chi connectivity index (χ3v) is 19.8. The lowest BCUT2D eigenvalue weighted by Gasteiger charge is -2.33. The van der Waals surface area contributed by atoms with Gasteiger partial charge in [0.15, 0.2) is 6.10 Å². The summed E-state index contributed by atoms with van der Waals surface area (Å²) in [5, 5.41) is 18.7. The molecule has 2 aromatic rings. The van der Waals surface area contributed by atoms with Gasteiger partial charge in [0.25, 0.3) is 5.91 Å². The Morgan fingerprint density at radius 1 is 0.796 bits per heavy atom. The number of amides is 10. The van der Waals surface area contributed by atoms with Crippen LogP contribution in [0.4, 0.5) is 15.3 Å². The van der Waals surface area contributed by atoms with Gasteiger partial charge in [0.1, 0.15) is 42.4 Å². The van der Waals surface area contributed by atoms with Crippen LogP contribution in [0, 0.1) is 23.7 Å². The smallest absolute Gasteiger partial charge is 0.456 e. The number of nitrogens with zero attached hydrogens (tertiary/aromatic N) is 2. The van der Waals surface area contributed by atoms with Crippen LogP contribution in [-0.4, -0.2) is 180 Å². The van der Waals surface area contributed by atoms with Gasteiger partial charge in [-0.3, -0.25) is 42.6 Å². The molecule has 0 aromatic heterocycles. The molecule has 3 rings (SSSR count). The normalized spacial score (nSPS) is 23.2. The standard InChI is InChI=1S/C68H106ClN11O21P2/c1-15-41(7)57-62(85)75-46(12)66(89)100-58(42(8)16-2)44(10)53(31-22-43(9)65(88)98-54(35-39(3)4)60(83)74-45(11)63(86)80(14)52(36-47-23-27-49(69)28-24-47)64(87)79(13)37-55(81)78-57)99-68(91)73-32-18-17-19-34-96-102(92,93)101-103(94,95)97-38-48-25-29-50(30-26-48)76-59(82)51(21-20-33-72-67(71)90)77-61(84)56(70)40(5)6/h16,22-30,39-41,44-46,51-54,56-58H,15,17-21,31-38,70H2,1-14H3,(H,73,91)(H,74,83)(H,75,85)(H,76,82)(H,77,84)(H,78,81)(H,92,93)(H,94,95)(H3,71,72,90)/b42-16+,43-22+/t41-,44+,45+,46-,51+,52-,53+,54-,56-,57+,58-/m1/s1. The number of cyclic esters (lactones) is 2. The highest BCUT2D eigenvalue weighted by atomic mass is 35.5. The van der Waals surface area contributed by atoms with E-state index in [2.05, 4.69) is 41.5 Å². The molecule has 2 unspecified atom stereocenters. The van der Waals surface area contributed by atoms with E-state index < -0.39 is 167 Å². The van der Waals surface area contributed by atoms with E-state index in [0.29, 0.717) is 22.6 Å². The van der Waals surface area contributed by atoms with Crippen LogP contribution in [-0.2, 0) is 92.9 Å². The van der Waals surface area contributed by atoms with Crippen LogP contribution in [0.3, 0.4) is 0 Å². The van der Waals surface area contributed by atoms with Crippen LogP contribution in [0.25, 0.3) is 0 Å². The van der Waals surface area contributed by atoms with Gasteiger partial charge in [0.2, 0.25) is 35.4 Å². The molecule has 0 aliphatic carbocycles. The Hall–Kier alpha value is -7.80. The average molecular weight is 1510 g/mol. The summed E-state index contributed by atoms with van der Waals surface area (Å²) in [5.74, 6) is -8.50. The first-order valence-electron chi connectivity index (χ1n) is 34.2. The van der Waals surface area contributed by atoms with Gasteiger partial charge in [-0.05, 0) is 132 Å². The average Bonchev–Trinajstić information content (AvgIpc) is 0.825. The lowest BCUT2D eigenvalue weighted by atomic mass is 9.90. The molecule has 0 fully saturated rings. The highest BCUT2D eigenvalue weighted by Crippen LogP contribution is 2.60. The predicted octanol–water partition coefficient (Wildman–Crippen LogP) is 6.10. The summed E-state index contributed by atoms with van der Waals surface area (Å²) in [7, 11) is -7.71. The number of hydrogen-bond donors (Lipinski definition) is 11. The quantitative estimate of drug-likeness (QED) is 0.0144. The zero-order valence-corrected chi connectivity index (χ0v) is 63.7. The van der Waals surface area contributed by atoms with Crippen LogP contribution < -0.4 is 48.7 Å². The number of esters is 2. The van der Waals surface area contributed by atoms with Crippen LogP contribution in [0.5, 0.6) is 0 Å². The number of hydrogen-bond acceptors (Lipinski definition) is 20. The fourth-order valence-electron chi connectivity index (χ4n) is 10.3. The third kappa shape index (κ3) is 31.6. The van der Waals surface area contributed by atoms with E-state index in [1.807, 2.05) is 0 Å². The first-order chi connectivity index (χ1) is 48.2. The van der Waals surface area contributed by atoms with Gasteiger partial charge in [-0.2, -0.15) is 4.31 Å². The van der Waals surface area contributed by atoms with Crippen molar-refractivity contribution in [1.82, 2.24) is 41.7 Å². The van der Waals surface area contributed by atoms with Crippen molar-refractivity contribution in [3.8, 4) is 0 Å². The number of carbonyl (C=O) groups is 11. The van der Waals surface area contributed by atoms with E-state index in [1.165, 1.54) is 65.2 Å². The van der Waals surface area contributed by atoms with Crippen molar-refractivity contribution in [2.75, 3.05) is 45.7 Å². The summed E-state index contributed by atoms with van der Waals surface area (Å²) in [6.45, 7) is 18.2. The third-order valence-electron chi connectivity index (χ3n) is 16.9. The molecule has 0 spiro atoms. The van der Waals surface area contributed by atoms with Gasteiger partial charge < -0.3 is 82.5 Å². The maximum absolute atomic E-state index is 14.4. The van der Waals surface area contributed by atoms with Crippen LogP contribution in [0.2, 0.25) is 5.02 Å². The van der Waals surface area contributed by atoms with Crippen molar-refractivity contribution in [3.63, 3.8) is 0 Å². The Kier molecular flexibility index (Phi) is 37.7. The summed E-state index contributed by atoms with van der Waals surface area (Å²) in [4.78, 5) is 172. The summed E-state index contributed by atoms with van der Waals surface area (Å²) in [6.07, 6.45) is -0.457. The van der Waals surface area contributed by atoms with Gasteiger partial charge in [-0.15, -0.1) is 0 Å². The SMILES string of the molecule is C/C=C(\C)[C@H]1OC(=O)[C@@H](C)NC(=O)[C@H]([C@H](C)CC)NC(=O)CN(C)C(=O)[C@@H](Cc2ccc(Cl)cc2)N(C)C(=O)[C@H](C)NC(=O)[C@@H](CC(C)C)OC(=O)/C(C)=C/C[C@H](OC(=O)NCCCCCOP(=O)(O)OP(=O)(O)OCc2ccc(NC(=O)[C@H](CCCNC(N)=O)NC(=O)[C@H](N)C(C)C)cc2)[C@@H]1C. The molecule has 35 heteroatoms. The summed E-state index contributed by atoms with van der Waals surface area (Å²) >= 11 is 6.17. The highest BCUT2D eigenvalue weighted by molar-refractivity contribution is 7.61. The molecule has 1 aliphatic rings. The fraction of sp³-hybridized carbons (Fsp3) is 0.603. The van der Waals surface area contributed by atoms with E-state index in [1.54, 1.807) is 92.7 Å². The summed E-state index contributed by atoms with van der Waals surface area (Å²) in [6, 6.07) is 4.49. The lowest BCUT2D eigenvalue weighted by Crippen LogP contribution is -2.57. The number of primary amides is 1. The molecule has 32 nitrogen and oxygen atoms in total. The van der Waals surface area contributed by atoms with Crippen molar-refractivity contribution in [2.45, 2.75) is 202 Å². The Morgan fingerprint density at radius 2 is 1.41 bits per heavy atom. The number of benzene rings is 2. The molecule has 2 aromatic carbocycles. The second-order valence-electron chi connectivity index (χ2n) is 26.3. The second-order valence-corrected chi connectivity index (χ2v) is 29.8.